The Morgan fingerprint density at radius 1 is 1.06 bits per heavy atom. The molecule has 0 aliphatic heterocycles. The van der Waals surface area contributed by atoms with Gasteiger partial charge in [-0.2, -0.15) is 0 Å². The molecule has 1 fully saturated rings. The summed E-state index contributed by atoms with van der Waals surface area (Å²) in [6.07, 6.45) is 5.37. The van der Waals surface area contributed by atoms with Crippen LogP contribution in [0.2, 0.25) is 5.02 Å². The van der Waals surface area contributed by atoms with Gasteiger partial charge in [-0.3, -0.25) is 14.5 Å². The summed E-state index contributed by atoms with van der Waals surface area (Å²) >= 11 is 6.32. The highest BCUT2D eigenvalue weighted by Gasteiger charge is 2.37. The molecule has 1 aromatic heterocycles. The molecule has 0 unspecified atom stereocenters. The Hall–Kier alpha value is -3.45. The highest BCUT2D eigenvalue weighted by atomic mass is 35.5. The fraction of sp³-hybridized carbons (Fsp3) is 0.308. The Balaban J connectivity index is 1.86. The first-order valence-corrected chi connectivity index (χ1v) is 11.5. The van der Waals surface area contributed by atoms with Crippen LogP contribution in [-0.4, -0.2) is 32.1 Å². The van der Waals surface area contributed by atoms with E-state index >= 15 is 0 Å². The van der Waals surface area contributed by atoms with Crippen LogP contribution < -0.4 is 19.7 Å². The van der Waals surface area contributed by atoms with Crippen molar-refractivity contribution in [2.24, 2.45) is 0 Å². The summed E-state index contributed by atoms with van der Waals surface area (Å²) in [5, 5.41) is 3.54. The van der Waals surface area contributed by atoms with Crippen molar-refractivity contribution in [2.45, 2.75) is 37.8 Å². The number of ether oxygens (including phenoxy) is 2. The van der Waals surface area contributed by atoms with Crippen molar-refractivity contribution in [1.29, 1.82) is 0 Å². The van der Waals surface area contributed by atoms with Gasteiger partial charge in [-0.05, 0) is 60.9 Å². The summed E-state index contributed by atoms with van der Waals surface area (Å²) in [6, 6.07) is 14.3. The lowest BCUT2D eigenvalue weighted by molar-refractivity contribution is -0.123. The number of hydrogen-bond acceptors (Lipinski definition) is 5. The zero-order chi connectivity index (χ0) is 24.1. The van der Waals surface area contributed by atoms with Crippen molar-refractivity contribution in [1.82, 2.24) is 5.32 Å². The molecule has 2 aromatic carbocycles. The molecule has 3 aromatic rings. The quantitative estimate of drug-likeness (QED) is 0.465. The second-order valence-electron chi connectivity index (χ2n) is 8.13. The summed E-state index contributed by atoms with van der Waals surface area (Å²) in [6.45, 7) is 0. The Labute approximate surface area is 203 Å². The van der Waals surface area contributed by atoms with Gasteiger partial charge in [0.05, 0.1) is 26.2 Å². The minimum Gasteiger partial charge on any atom is -0.497 e. The second-order valence-corrected chi connectivity index (χ2v) is 8.57. The molecule has 8 heteroatoms. The maximum Gasteiger partial charge on any atom is 0.295 e. The Bertz CT molecular complexity index is 1120. The van der Waals surface area contributed by atoms with E-state index in [-0.39, 0.29) is 17.7 Å². The maximum absolute atomic E-state index is 13.8. The molecular formula is C26H27ClN2O5. The number of methoxy groups -OCH3 is 2. The average Bonchev–Trinajstić information content (AvgIpc) is 3.57. The first-order chi connectivity index (χ1) is 16.5. The van der Waals surface area contributed by atoms with Gasteiger partial charge < -0.3 is 19.2 Å². The van der Waals surface area contributed by atoms with Crippen LogP contribution >= 0.6 is 11.6 Å². The smallest absolute Gasteiger partial charge is 0.295 e. The molecule has 4 rings (SSSR count). The molecule has 0 spiro atoms. The van der Waals surface area contributed by atoms with Crippen molar-refractivity contribution in [2.75, 3.05) is 19.1 Å². The van der Waals surface area contributed by atoms with Gasteiger partial charge in [-0.1, -0.05) is 36.6 Å². The van der Waals surface area contributed by atoms with E-state index in [4.69, 9.17) is 25.5 Å². The molecule has 2 amide bonds. The van der Waals surface area contributed by atoms with E-state index in [0.717, 1.165) is 25.7 Å². The van der Waals surface area contributed by atoms with Crippen molar-refractivity contribution < 1.29 is 23.5 Å². The average molecular weight is 483 g/mol. The highest BCUT2D eigenvalue weighted by molar-refractivity contribution is 6.31. The van der Waals surface area contributed by atoms with E-state index in [0.29, 0.717) is 27.8 Å². The van der Waals surface area contributed by atoms with Crippen LogP contribution in [0.4, 0.5) is 5.69 Å². The topological polar surface area (TPSA) is 81.0 Å². The van der Waals surface area contributed by atoms with Crippen LogP contribution in [0.25, 0.3) is 0 Å². The number of amides is 2. The summed E-state index contributed by atoms with van der Waals surface area (Å²) in [4.78, 5) is 29.0. The fourth-order valence-corrected chi connectivity index (χ4v) is 4.46. The van der Waals surface area contributed by atoms with Gasteiger partial charge in [0.25, 0.3) is 5.91 Å². The first-order valence-electron chi connectivity index (χ1n) is 11.2. The third-order valence-corrected chi connectivity index (χ3v) is 6.23. The lowest BCUT2D eigenvalue weighted by Crippen LogP contribution is -2.46. The third-order valence-electron chi connectivity index (χ3n) is 5.99. The van der Waals surface area contributed by atoms with Crippen molar-refractivity contribution >= 4 is 29.1 Å². The lowest BCUT2D eigenvalue weighted by Gasteiger charge is -2.32. The normalized spacial score (nSPS) is 14.4. The van der Waals surface area contributed by atoms with E-state index in [9.17, 15) is 9.59 Å². The molecule has 0 bridgehead atoms. The third kappa shape index (κ3) is 5.04. The van der Waals surface area contributed by atoms with E-state index < -0.39 is 11.9 Å². The van der Waals surface area contributed by atoms with Gasteiger partial charge in [0.1, 0.15) is 17.5 Å². The number of carbonyl (C=O) groups is 2. The number of furan rings is 1. The second kappa shape index (κ2) is 10.7. The summed E-state index contributed by atoms with van der Waals surface area (Å²) in [5.74, 6) is 0.348. The van der Waals surface area contributed by atoms with E-state index in [1.165, 1.54) is 18.3 Å². The predicted molar refractivity (Wildman–Crippen MR) is 130 cm³/mol. The zero-order valence-corrected chi connectivity index (χ0v) is 19.9. The van der Waals surface area contributed by atoms with Crippen LogP contribution in [0.5, 0.6) is 11.5 Å². The highest BCUT2D eigenvalue weighted by Crippen LogP contribution is 2.38. The number of benzene rings is 2. The Morgan fingerprint density at radius 2 is 1.79 bits per heavy atom. The van der Waals surface area contributed by atoms with E-state index in [1.807, 2.05) is 0 Å². The largest absolute Gasteiger partial charge is 0.497 e. The SMILES string of the molecule is COc1ccc([C@H](C(=O)NC2CCCC2)N(C(=O)c2ccco2)c2cc(Cl)ccc2OC)cc1. The standard InChI is InChI=1S/C26H27ClN2O5/c1-32-20-12-9-17(10-13-20)24(25(30)28-19-6-3-4-7-19)29(26(31)23-8-5-15-34-23)21-16-18(27)11-14-22(21)33-2/h5,8-16,19,24H,3-4,6-7H2,1-2H3,(H,28,30)/t24-/m1/s1. The lowest BCUT2D eigenvalue weighted by atomic mass is 10.0. The monoisotopic (exact) mass is 482 g/mol. The van der Waals surface area contributed by atoms with Crippen LogP contribution in [0.15, 0.2) is 65.3 Å². The number of nitrogens with one attached hydrogen (secondary N) is 1. The first kappa shape index (κ1) is 23.7. The van der Waals surface area contributed by atoms with Crippen molar-refractivity contribution in [3.05, 3.63) is 77.2 Å². The van der Waals surface area contributed by atoms with Crippen LogP contribution in [0, 0.1) is 0 Å². The molecule has 1 aliphatic rings. The molecule has 1 N–H and O–H groups in total. The molecule has 1 aliphatic carbocycles. The molecule has 0 radical (unpaired) electrons. The molecule has 1 saturated carbocycles. The van der Waals surface area contributed by atoms with Crippen molar-refractivity contribution in [3.63, 3.8) is 0 Å². The number of hydrogen-bond donors (Lipinski definition) is 1. The number of nitrogens with zero attached hydrogens (tertiary/aromatic N) is 1. The zero-order valence-electron chi connectivity index (χ0n) is 19.1. The summed E-state index contributed by atoms with van der Waals surface area (Å²) in [5.41, 5.74) is 0.969. The van der Waals surface area contributed by atoms with E-state index in [1.54, 1.807) is 61.7 Å². The molecule has 1 atom stereocenters. The van der Waals surface area contributed by atoms with Gasteiger partial charge in [0, 0.05) is 11.1 Å². The van der Waals surface area contributed by atoms with E-state index in [2.05, 4.69) is 5.32 Å². The predicted octanol–water partition coefficient (Wildman–Crippen LogP) is 5.40. The Morgan fingerprint density at radius 3 is 2.41 bits per heavy atom. The Kier molecular flexibility index (Phi) is 7.43. The number of rotatable bonds is 8. The van der Waals surface area contributed by atoms with Gasteiger partial charge >= 0.3 is 0 Å². The van der Waals surface area contributed by atoms with Gasteiger partial charge in [0.15, 0.2) is 5.76 Å². The van der Waals surface area contributed by atoms with Gasteiger partial charge in [-0.15, -0.1) is 0 Å². The van der Waals surface area contributed by atoms with Gasteiger partial charge in [0.2, 0.25) is 5.91 Å². The van der Waals surface area contributed by atoms with Crippen LogP contribution in [0.3, 0.4) is 0 Å². The van der Waals surface area contributed by atoms with Gasteiger partial charge in [-0.25, -0.2) is 0 Å². The number of halogens is 1. The molecule has 7 nitrogen and oxygen atoms in total. The molecule has 178 valence electrons. The summed E-state index contributed by atoms with van der Waals surface area (Å²) in [7, 11) is 3.08. The maximum atomic E-state index is 13.8. The minimum atomic E-state index is -1.00. The van der Waals surface area contributed by atoms with Crippen molar-refractivity contribution in [3.8, 4) is 11.5 Å². The molecule has 1 heterocycles. The molecule has 34 heavy (non-hydrogen) atoms. The number of carbonyl (C=O) groups excluding carboxylic acids is 2. The fourth-order valence-electron chi connectivity index (χ4n) is 4.29. The molecule has 0 saturated heterocycles. The molecular weight excluding hydrogens is 456 g/mol. The van der Waals surface area contributed by atoms with Crippen LogP contribution in [-0.2, 0) is 4.79 Å². The number of anilines is 1. The minimum absolute atomic E-state index is 0.0649. The summed E-state index contributed by atoms with van der Waals surface area (Å²) < 4.78 is 16.3. The van der Waals surface area contributed by atoms with Crippen LogP contribution in [0.1, 0.15) is 47.8 Å².